The Morgan fingerprint density at radius 1 is 1.45 bits per heavy atom. The summed E-state index contributed by atoms with van der Waals surface area (Å²) in [6.07, 6.45) is 3.76. The van der Waals surface area contributed by atoms with Crippen molar-refractivity contribution in [3.8, 4) is 0 Å². The van der Waals surface area contributed by atoms with Crippen molar-refractivity contribution in [1.29, 1.82) is 0 Å². The van der Waals surface area contributed by atoms with Crippen LogP contribution in [0.4, 0.5) is 5.69 Å². The highest BCUT2D eigenvalue weighted by molar-refractivity contribution is 6.33. The van der Waals surface area contributed by atoms with E-state index in [9.17, 15) is 4.79 Å². The van der Waals surface area contributed by atoms with Crippen LogP contribution in [0.3, 0.4) is 0 Å². The maximum Gasteiger partial charge on any atom is 0.251 e. The number of likely N-dealkylation sites (tertiary alicyclic amines) is 1. The van der Waals surface area contributed by atoms with Crippen molar-refractivity contribution < 1.29 is 4.79 Å². The van der Waals surface area contributed by atoms with Crippen LogP contribution in [0.15, 0.2) is 18.2 Å². The number of amides is 1. The molecule has 1 unspecified atom stereocenters. The van der Waals surface area contributed by atoms with E-state index in [1.807, 2.05) is 6.07 Å². The lowest BCUT2D eigenvalue weighted by Gasteiger charge is -2.32. The van der Waals surface area contributed by atoms with E-state index in [-0.39, 0.29) is 5.91 Å². The third kappa shape index (κ3) is 3.64. The van der Waals surface area contributed by atoms with Crippen molar-refractivity contribution >= 4 is 23.2 Å². The van der Waals surface area contributed by atoms with Crippen molar-refractivity contribution in [3.63, 3.8) is 0 Å². The smallest absolute Gasteiger partial charge is 0.251 e. The highest BCUT2D eigenvalue weighted by Crippen LogP contribution is 2.24. The van der Waals surface area contributed by atoms with E-state index in [4.69, 9.17) is 11.6 Å². The number of benzene rings is 1. The summed E-state index contributed by atoms with van der Waals surface area (Å²) in [7, 11) is 3.79. The normalized spacial score (nSPS) is 19.6. The van der Waals surface area contributed by atoms with Crippen molar-refractivity contribution in [2.24, 2.45) is 0 Å². The molecule has 110 valence electrons. The number of nitrogens with zero attached hydrogens (tertiary/aromatic N) is 1. The van der Waals surface area contributed by atoms with Crippen molar-refractivity contribution in [2.75, 3.05) is 32.5 Å². The number of hydrogen-bond donors (Lipinski definition) is 2. The summed E-state index contributed by atoms with van der Waals surface area (Å²) in [5.41, 5.74) is 1.45. The molecule has 0 aromatic heterocycles. The molecule has 1 aliphatic rings. The first-order valence-electron chi connectivity index (χ1n) is 7.07. The molecular weight excluding hydrogens is 274 g/mol. The molecule has 1 heterocycles. The van der Waals surface area contributed by atoms with Crippen molar-refractivity contribution in [3.05, 3.63) is 28.8 Å². The second-order valence-corrected chi connectivity index (χ2v) is 5.69. The summed E-state index contributed by atoms with van der Waals surface area (Å²) >= 11 is 6.19. The van der Waals surface area contributed by atoms with Gasteiger partial charge in [-0.05, 0) is 44.6 Å². The standard InChI is InChI=1S/C15H22ClN3O/c1-17-15(20)11-6-7-13(16)14(9-11)18-10-12-5-3-4-8-19(12)2/h6-7,9,12,18H,3-5,8,10H2,1-2H3,(H,17,20). The van der Waals surface area contributed by atoms with Crippen LogP contribution < -0.4 is 10.6 Å². The summed E-state index contributed by atoms with van der Waals surface area (Å²) in [6.45, 7) is 2.01. The minimum atomic E-state index is -0.0977. The van der Waals surface area contributed by atoms with E-state index < -0.39 is 0 Å². The highest BCUT2D eigenvalue weighted by atomic mass is 35.5. The van der Waals surface area contributed by atoms with Gasteiger partial charge < -0.3 is 15.5 Å². The predicted molar refractivity (Wildman–Crippen MR) is 83.6 cm³/mol. The average Bonchev–Trinajstić information content (AvgIpc) is 2.47. The molecular formula is C15H22ClN3O. The van der Waals surface area contributed by atoms with Gasteiger partial charge in [0.15, 0.2) is 0 Å². The number of anilines is 1. The van der Waals surface area contributed by atoms with Gasteiger partial charge in [0, 0.05) is 25.2 Å². The van der Waals surface area contributed by atoms with Gasteiger partial charge in [-0.15, -0.1) is 0 Å². The summed E-state index contributed by atoms with van der Waals surface area (Å²) in [5, 5.41) is 6.65. The van der Waals surface area contributed by atoms with Gasteiger partial charge in [-0.2, -0.15) is 0 Å². The summed E-state index contributed by atoms with van der Waals surface area (Å²) in [4.78, 5) is 14.0. The fourth-order valence-corrected chi connectivity index (χ4v) is 2.76. The molecule has 1 aromatic carbocycles. The van der Waals surface area contributed by atoms with Gasteiger partial charge in [-0.25, -0.2) is 0 Å². The van der Waals surface area contributed by atoms with Crippen LogP contribution in [0.25, 0.3) is 0 Å². The minimum absolute atomic E-state index is 0.0977. The van der Waals surface area contributed by atoms with Crippen LogP contribution in [0.2, 0.25) is 5.02 Å². The van der Waals surface area contributed by atoms with E-state index in [2.05, 4.69) is 22.6 Å². The zero-order valence-corrected chi connectivity index (χ0v) is 12.8. The predicted octanol–water partition coefficient (Wildman–Crippen LogP) is 2.60. The molecule has 20 heavy (non-hydrogen) atoms. The number of carbonyl (C=O) groups is 1. The number of hydrogen-bond acceptors (Lipinski definition) is 3. The first-order chi connectivity index (χ1) is 9.61. The van der Waals surface area contributed by atoms with Crippen LogP contribution in [0.5, 0.6) is 0 Å². The first-order valence-corrected chi connectivity index (χ1v) is 7.45. The Labute approximate surface area is 125 Å². The SMILES string of the molecule is CNC(=O)c1ccc(Cl)c(NCC2CCCCN2C)c1. The molecule has 1 aliphatic heterocycles. The fourth-order valence-electron chi connectivity index (χ4n) is 2.58. The summed E-state index contributed by atoms with van der Waals surface area (Å²) in [5.74, 6) is -0.0977. The maximum absolute atomic E-state index is 11.6. The Hall–Kier alpha value is -1.26. The number of halogens is 1. The van der Waals surface area contributed by atoms with Gasteiger partial charge in [0.2, 0.25) is 0 Å². The van der Waals surface area contributed by atoms with Crippen LogP contribution >= 0.6 is 11.6 Å². The first kappa shape index (κ1) is 15.1. The van der Waals surface area contributed by atoms with E-state index in [0.717, 1.165) is 18.8 Å². The van der Waals surface area contributed by atoms with Crippen LogP contribution in [-0.2, 0) is 0 Å². The number of rotatable bonds is 4. The van der Waals surface area contributed by atoms with Gasteiger partial charge in [-0.1, -0.05) is 18.0 Å². The molecule has 0 radical (unpaired) electrons. The lowest BCUT2D eigenvalue weighted by atomic mass is 10.0. The summed E-state index contributed by atoms with van der Waals surface area (Å²) < 4.78 is 0. The van der Waals surface area contributed by atoms with Crippen LogP contribution in [0.1, 0.15) is 29.6 Å². The second kappa shape index (κ2) is 6.95. The Kier molecular flexibility index (Phi) is 5.26. The van der Waals surface area contributed by atoms with Gasteiger partial charge in [0.05, 0.1) is 10.7 Å². The van der Waals surface area contributed by atoms with Gasteiger partial charge >= 0.3 is 0 Å². The monoisotopic (exact) mass is 295 g/mol. The second-order valence-electron chi connectivity index (χ2n) is 5.28. The lowest BCUT2D eigenvalue weighted by molar-refractivity contribution is 0.0963. The molecule has 1 saturated heterocycles. The fraction of sp³-hybridized carbons (Fsp3) is 0.533. The molecule has 1 fully saturated rings. The van der Waals surface area contributed by atoms with E-state index in [0.29, 0.717) is 16.6 Å². The highest BCUT2D eigenvalue weighted by Gasteiger charge is 2.18. The zero-order chi connectivity index (χ0) is 14.5. The molecule has 2 N–H and O–H groups in total. The van der Waals surface area contributed by atoms with Crippen molar-refractivity contribution in [1.82, 2.24) is 10.2 Å². The lowest BCUT2D eigenvalue weighted by Crippen LogP contribution is -2.40. The molecule has 0 bridgehead atoms. The molecule has 2 rings (SSSR count). The molecule has 0 aliphatic carbocycles. The largest absolute Gasteiger partial charge is 0.382 e. The third-order valence-corrected chi connectivity index (χ3v) is 4.23. The Morgan fingerprint density at radius 3 is 2.95 bits per heavy atom. The van der Waals surface area contributed by atoms with Gasteiger partial charge in [0.25, 0.3) is 5.91 Å². The van der Waals surface area contributed by atoms with Crippen LogP contribution in [0, 0.1) is 0 Å². The Morgan fingerprint density at radius 2 is 2.25 bits per heavy atom. The third-order valence-electron chi connectivity index (χ3n) is 3.91. The zero-order valence-electron chi connectivity index (χ0n) is 12.1. The number of likely N-dealkylation sites (N-methyl/N-ethyl adjacent to an activating group) is 1. The topological polar surface area (TPSA) is 44.4 Å². The molecule has 0 saturated carbocycles. The number of carbonyl (C=O) groups excluding carboxylic acids is 1. The molecule has 1 aromatic rings. The quantitative estimate of drug-likeness (QED) is 0.897. The van der Waals surface area contributed by atoms with E-state index in [1.165, 1.54) is 19.3 Å². The van der Waals surface area contributed by atoms with E-state index in [1.54, 1.807) is 19.2 Å². The summed E-state index contributed by atoms with van der Waals surface area (Å²) in [6, 6.07) is 5.84. The van der Waals surface area contributed by atoms with Crippen molar-refractivity contribution in [2.45, 2.75) is 25.3 Å². The van der Waals surface area contributed by atoms with Gasteiger partial charge in [-0.3, -0.25) is 4.79 Å². The molecule has 1 atom stereocenters. The molecule has 0 spiro atoms. The average molecular weight is 296 g/mol. The number of piperidine rings is 1. The number of nitrogens with one attached hydrogen (secondary N) is 2. The van der Waals surface area contributed by atoms with Crippen LogP contribution in [-0.4, -0.2) is 44.0 Å². The Bertz CT molecular complexity index is 478. The Balaban J connectivity index is 2.02. The molecule has 4 nitrogen and oxygen atoms in total. The van der Waals surface area contributed by atoms with E-state index >= 15 is 0 Å². The maximum atomic E-state index is 11.6. The van der Waals surface area contributed by atoms with Gasteiger partial charge in [0.1, 0.15) is 0 Å². The minimum Gasteiger partial charge on any atom is -0.382 e. The molecule has 1 amide bonds. The molecule has 5 heteroatoms.